The van der Waals surface area contributed by atoms with Crippen LogP contribution in [0.2, 0.25) is 0 Å². The zero-order valence-electron chi connectivity index (χ0n) is 12.4. The Bertz CT molecular complexity index is 474. The van der Waals surface area contributed by atoms with Crippen molar-refractivity contribution in [3.05, 3.63) is 29.3 Å². The van der Waals surface area contributed by atoms with Crippen LogP contribution in [0.25, 0.3) is 0 Å². The van der Waals surface area contributed by atoms with Crippen LogP contribution >= 0.6 is 0 Å². The Morgan fingerprint density at radius 1 is 1.45 bits per heavy atom. The summed E-state index contributed by atoms with van der Waals surface area (Å²) >= 11 is 0. The van der Waals surface area contributed by atoms with E-state index in [-0.39, 0.29) is 11.9 Å². The number of likely N-dealkylation sites (tertiary alicyclic amines) is 1. The Labute approximate surface area is 120 Å². The molecule has 1 heterocycles. The van der Waals surface area contributed by atoms with Gasteiger partial charge < -0.3 is 15.4 Å². The van der Waals surface area contributed by atoms with Crippen molar-refractivity contribution < 1.29 is 9.53 Å². The predicted molar refractivity (Wildman–Crippen MR) is 79.8 cm³/mol. The van der Waals surface area contributed by atoms with Crippen LogP contribution in [-0.4, -0.2) is 36.5 Å². The van der Waals surface area contributed by atoms with Crippen molar-refractivity contribution in [2.24, 2.45) is 5.73 Å². The lowest BCUT2D eigenvalue weighted by Crippen LogP contribution is -2.46. The zero-order chi connectivity index (χ0) is 14.5. The van der Waals surface area contributed by atoms with E-state index in [1.54, 1.807) is 0 Å². The first-order valence-corrected chi connectivity index (χ1v) is 7.29. The van der Waals surface area contributed by atoms with Crippen LogP contribution in [0.15, 0.2) is 18.2 Å². The first-order chi connectivity index (χ1) is 9.56. The SMILES string of the molecule is Cc1ccc(C)c(OCCC(=O)N2CCCC(N)C2)c1. The zero-order valence-corrected chi connectivity index (χ0v) is 12.4. The van der Waals surface area contributed by atoms with Gasteiger partial charge in [0, 0.05) is 19.1 Å². The average molecular weight is 276 g/mol. The van der Waals surface area contributed by atoms with Gasteiger partial charge in [-0.2, -0.15) is 0 Å². The number of carbonyl (C=O) groups excluding carboxylic acids is 1. The molecule has 1 aliphatic heterocycles. The van der Waals surface area contributed by atoms with Crippen molar-refractivity contribution in [2.45, 2.75) is 39.2 Å². The van der Waals surface area contributed by atoms with E-state index in [1.165, 1.54) is 5.56 Å². The van der Waals surface area contributed by atoms with Crippen molar-refractivity contribution in [3.8, 4) is 5.75 Å². The van der Waals surface area contributed by atoms with Crippen LogP contribution in [0.1, 0.15) is 30.4 Å². The number of nitrogens with zero attached hydrogens (tertiary/aromatic N) is 1. The molecule has 0 radical (unpaired) electrons. The maximum absolute atomic E-state index is 12.1. The molecule has 1 aromatic carbocycles. The second-order valence-corrected chi connectivity index (χ2v) is 5.61. The van der Waals surface area contributed by atoms with Crippen molar-refractivity contribution in [3.63, 3.8) is 0 Å². The summed E-state index contributed by atoms with van der Waals surface area (Å²) in [5.41, 5.74) is 8.16. The minimum Gasteiger partial charge on any atom is -0.493 e. The number of hydrogen-bond acceptors (Lipinski definition) is 3. The molecule has 1 aromatic rings. The maximum Gasteiger partial charge on any atom is 0.226 e. The van der Waals surface area contributed by atoms with Crippen LogP contribution in [0.5, 0.6) is 5.75 Å². The fourth-order valence-corrected chi connectivity index (χ4v) is 2.51. The summed E-state index contributed by atoms with van der Waals surface area (Å²) in [4.78, 5) is 13.9. The first-order valence-electron chi connectivity index (χ1n) is 7.29. The summed E-state index contributed by atoms with van der Waals surface area (Å²) in [7, 11) is 0. The van der Waals surface area contributed by atoms with E-state index in [0.717, 1.165) is 30.7 Å². The van der Waals surface area contributed by atoms with Crippen LogP contribution in [-0.2, 0) is 4.79 Å². The standard InChI is InChI=1S/C16H24N2O2/c1-12-5-6-13(2)15(10-12)20-9-7-16(19)18-8-3-4-14(17)11-18/h5-6,10,14H,3-4,7-9,11,17H2,1-2H3. The molecule has 0 saturated carbocycles. The molecule has 0 aliphatic carbocycles. The van der Waals surface area contributed by atoms with Crippen LogP contribution in [0.4, 0.5) is 0 Å². The fourth-order valence-electron chi connectivity index (χ4n) is 2.51. The molecule has 1 aliphatic rings. The number of hydrogen-bond donors (Lipinski definition) is 1. The topological polar surface area (TPSA) is 55.6 Å². The fraction of sp³-hybridized carbons (Fsp3) is 0.562. The predicted octanol–water partition coefficient (Wildman–Crippen LogP) is 2.02. The van der Waals surface area contributed by atoms with Crippen LogP contribution < -0.4 is 10.5 Å². The highest BCUT2D eigenvalue weighted by atomic mass is 16.5. The van der Waals surface area contributed by atoms with Crippen LogP contribution in [0, 0.1) is 13.8 Å². The lowest BCUT2D eigenvalue weighted by atomic mass is 10.1. The van der Waals surface area contributed by atoms with E-state index in [0.29, 0.717) is 19.6 Å². The molecule has 2 rings (SSSR count). The number of nitrogens with two attached hydrogens (primary N) is 1. The maximum atomic E-state index is 12.1. The van der Waals surface area contributed by atoms with Gasteiger partial charge in [0.1, 0.15) is 5.75 Å². The summed E-state index contributed by atoms with van der Waals surface area (Å²) < 4.78 is 5.73. The molecule has 110 valence electrons. The number of carbonyl (C=O) groups is 1. The number of benzene rings is 1. The molecule has 0 spiro atoms. The highest BCUT2D eigenvalue weighted by Gasteiger charge is 2.20. The van der Waals surface area contributed by atoms with Gasteiger partial charge in [-0.25, -0.2) is 0 Å². The molecule has 20 heavy (non-hydrogen) atoms. The van der Waals surface area contributed by atoms with Gasteiger partial charge in [0.25, 0.3) is 0 Å². The summed E-state index contributed by atoms with van der Waals surface area (Å²) in [6.07, 6.45) is 2.44. The largest absolute Gasteiger partial charge is 0.493 e. The van der Waals surface area contributed by atoms with E-state index in [9.17, 15) is 4.79 Å². The quantitative estimate of drug-likeness (QED) is 0.915. The van der Waals surface area contributed by atoms with E-state index in [4.69, 9.17) is 10.5 Å². The minimum atomic E-state index is 0.132. The normalized spacial score (nSPS) is 18.9. The number of ether oxygens (including phenoxy) is 1. The van der Waals surface area contributed by atoms with Gasteiger partial charge in [-0.3, -0.25) is 4.79 Å². The smallest absolute Gasteiger partial charge is 0.226 e. The third-order valence-corrected chi connectivity index (χ3v) is 3.73. The summed E-state index contributed by atoms with van der Waals surface area (Å²) in [6, 6.07) is 6.24. The van der Waals surface area contributed by atoms with Crippen LogP contribution in [0.3, 0.4) is 0 Å². The Hall–Kier alpha value is -1.55. The first kappa shape index (κ1) is 14.9. The van der Waals surface area contributed by atoms with Gasteiger partial charge in [-0.15, -0.1) is 0 Å². The van der Waals surface area contributed by atoms with E-state index in [2.05, 4.69) is 6.07 Å². The second-order valence-electron chi connectivity index (χ2n) is 5.61. The van der Waals surface area contributed by atoms with Gasteiger partial charge in [-0.1, -0.05) is 12.1 Å². The highest BCUT2D eigenvalue weighted by molar-refractivity contribution is 5.76. The molecule has 0 bridgehead atoms. The van der Waals surface area contributed by atoms with Gasteiger partial charge in [0.2, 0.25) is 5.91 Å². The number of rotatable bonds is 4. The number of amides is 1. The Morgan fingerprint density at radius 2 is 2.25 bits per heavy atom. The second kappa shape index (κ2) is 6.75. The molecule has 1 atom stereocenters. The van der Waals surface area contributed by atoms with Gasteiger partial charge in [0.05, 0.1) is 13.0 Å². The Morgan fingerprint density at radius 3 is 3.00 bits per heavy atom. The highest BCUT2D eigenvalue weighted by Crippen LogP contribution is 2.19. The minimum absolute atomic E-state index is 0.132. The average Bonchev–Trinajstić information content (AvgIpc) is 2.42. The molecule has 4 nitrogen and oxygen atoms in total. The molecule has 4 heteroatoms. The van der Waals surface area contributed by atoms with Crippen molar-refractivity contribution >= 4 is 5.91 Å². The van der Waals surface area contributed by atoms with Crippen molar-refractivity contribution in [1.82, 2.24) is 4.90 Å². The molecular weight excluding hydrogens is 252 g/mol. The summed E-state index contributed by atoms with van der Waals surface area (Å²) in [5.74, 6) is 1.01. The third-order valence-electron chi connectivity index (χ3n) is 3.73. The molecular formula is C16H24N2O2. The lowest BCUT2D eigenvalue weighted by molar-refractivity contribution is -0.132. The number of piperidine rings is 1. The van der Waals surface area contributed by atoms with Crippen molar-refractivity contribution in [2.75, 3.05) is 19.7 Å². The summed E-state index contributed by atoms with van der Waals surface area (Å²) in [6.45, 7) is 5.99. The number of aryl methyl sites for hydroxylation is 2. The lowest BCUT2D eigenvalue weighted by Gasteiger charge is -2.30. The Kier molecular flexibility index (Phi) is 5.01. The molecule has 1 saturated heterocycles. The monoisotopic (exact) mass is 276 g/mol. The van der Waals surface area contributed by atoms with Gasteiger partial charge in [-0.05, 0) is 43.9 Å². The van der Waals surface area contributed by atoms with E-state index >= 15 is 0 Å². The summed E-state index contributed by atoms with van der Waals surface area (Å²) in [5, 5.41) is 0. The molecule has 1 unspecified atom stereocenters. The van der Waals surface area contributed by atoms with Crippen molar-refractivity contribution in [1.29, 1.82) is 0 Å². The Balaban J connectivity index is 1.80. The van der Waals surface area contributed by atoms with E-state index < -0.39 is 0 Å². The van der Waals surface area contributed by atoms with Gasteiger partial charge >= 0.3 is 0 Å². The molecule has 2 N–H and O–H groups in total. The van der Waals surface area contributed by atoms with E-state index in [1.807, 2.05) is 30.9 Å². The molecule has 1 fully saturated rings. The molecule has 0 aromatic heterocycles. The molecule has 1 amide bonds. The third kappa shape index (κ3) is 3.97. The van der Waals surface area contributed by atoms with Gasteiger partial charge in [0.15, 0.2) is 0 Å².